The van der Waals surface area contributed by atoms with E-state index in [0.717, 1.165) is 25.3 Å². The van der Waals surface area contributed by atoms with Gasteiger partial charge >= 0.3 is 6.18 Å². The van der Waals surface area contributed by atoms with Crippen LogP contribution in [0.4, 0.5) is 13.2 Å². The van der Waals surface area contributed by atoms with Gasteiger partial charge in [0.05, 0.1) is 18.2 Å². The molecular weight excluding hydrogens is 259 g/mol. The van der Waals surface area contributed by atoms with Gasteiger partial charge in [-0.25, -0.2) is 0 Å². The van der Waals surface area contributed by atoms with E-state index < -0.39 is 17.3 Å². The van der Waals surface area contributed by atoms with Crippen LogP contribution in [0, 0.1) is 6.92 Å². The van der Waals surface area contributed by atoms with Crippen LogP contribution in [0.1, 0.15) is 30.5 Å². The third-order valence-corrected chi connectivity index (χ3v) is 3.32. The van der Waals surface area contributed by atoms with Crippen LogP contribution in [0.25, 0.3) is 0 Å². The van der Waals surface area contributed by atoms with Crippen molar-refractivity contribution in [3.05, 3.63) is 33.7 Å². The molecule has 0 radical (unpaired) electrons. The summed E-state index contributed by atoms with van der Waals surface area (Å²) in [6.45, 7) is 2.49. The molecule has 1 aliphatic rings. The van der Waals surface area contributed by atoms with Gasteiger partial charge in [-0.15, -0.1) is 0 Å². The third kappa shape index (κ3) is 3.37. The first-order valence-corrected chi connectivity index (χ1v) is 6.28. The molecule has 106 valence electrons. The number of aromatic nitrogens is 1. The lowest BCUT2D eigenvalue weighted by Crippen LogP contribution is -2.32. The van der Waals surface area contributed by atoms with Crippen LogP contribution in [0.3, 0.4) is 0 Å². The molecule has 0 spiro atoms. The first-order valence-electron chi connectivity index (χ1n) is 6.28. The molecule has 1 aliphatic heterocycles. The average Bonchev–Trinajstić information content (AvgIpc) is 2.33. The number of alkyl halides is 3. The topological polar surface area (TPSA) is 31.2 Å². The molecule has 0 unspecified atom stereocenters. The maximum atomic E-state index is 12.6. The van der Waals surface area contributed by atoms with Gasteiger partial charge in [0.25, 0.3) is 5.56 Å². The van der Waals surface area contributed by atoms with Crippen molar-refractivity contribution >= 4 is 0 Å². The van der Waals surface area contributed by atoms with Crippen molar-refractivity contribution in [3.8, 4) is 0 Å². The zero-order valence-electron chi connectivity index (χ0n) is 10.7. The molecule has 0 aliphatic carbocycles. The van der Waals surface area contributed by atoms with Crippen molar-refractivity contribution < 1.29 is 17.9 Å². The molecule has 1 atom stereocenters. The Morgan fingerprint density at radius 1 is 1.37 bits per heavy atom. The van der Waals surface area contributed by atoms with E-state index in [0.29, 0.717) is 24.9 Å². The smallest absolute Gasteiger partial charge is 0.376 e. The molecule has 1 saturated heterocycles. The van der Waals surface area contributed by atoms with E-state index in [1.54, 1.807) is 0 Å². The van der Waals surface area contributed by atoms with Crippen LogP contribution >= 0.6 is 0 Å². The zero-order chi connectivity index (χ0) is 14.0. The van der Waals surface area contributed by atoms with E-state index >= 15 is 0 Å². The van der Waals surface area contributed by atoms with Crippen molar-refractivity contribution in [3.63, 3.8) is 0 Å². The van der Waals surface area contributed by atoms with Gasteiger partial charge in [-0.1, -0.05) is 0 Å². The Kier molecular flexibility index (Phi) is 3.99. The second-order valence-electron chi connectivity index (χ2n) is 4.82. The number of nitrogens with zero attached hydrogens (tertiary/aromatic N) is 1. The van der Waals surface area contributed by atoms with E-state index in [2.05, 4.69) is 0 Å². The summed E-state index contributed by atoms with van der Waals surface area (Å²) >= 11 is 0. The van der Waals surface area contributed by atoms with Gasteiger partial charge in [0.1, 0.15) is 0 Å². The van der Waals surface area contributed by atoms with Crippen LogP contribution in [0.5, 0.6) is 0 Å². The Morgan fingerprint density at radius 2 is 2.11 bits per heavy atom. The fourth-order valence-electron chi connectivity index (χ4n) is 2.28. The Hall–Kier alpha value is -1.30. The molecule has 2 rings (SSSR count). The number of aryl methyl sites for hydroxylation is 1. The summed E-state index contributed by atoms with van der Waals surface area (Å²) in [5, 5.41) is 0. The summed E-state index contributed by atoms with van der Waals surface area (Å²) in [7, 11) is 0. The summed E-state index contributed by atoms with van der Waals surface area (Å²) in [5.41, 5.74) is -1.20. The molecule has 0 saturated carbocycles. The third-order valence-electron chi connectivity index (χ3n) is 3.32. The molecule has 1 aromatic heterocycles. The Balaban J connectivity index is 2.24. The van der Waals surface area contributed by atoms with Crippen LogP contribution in [-0.4, -0.2) is 17.3 Å². The summed E-state index contributed by atoms with van der Waals surface area (Å²) in [5.74, 6) is 0. The monoisotopic (exact) mass is 275 g/mol. The quantitative estimate of drug-likeness (QED) is 0.831. The van der Waals surface area contributed by atoms with E-state index in [1.807, 2.05) is 0 Å². The number of ether oxygens (including phenoxy) is 1. The highest BCUT2D eigenvalue weighted by Gasteiger charge is 2.31. The predicted molar refractivity (Wildman–Crippen MR) is 64.0 cm³/mol. The minimum atomic E-state index is -4.48. The summed E-state index contributed by atoms with van der Waals surface area (Å²) < 4.78 is 44.6. The molecule has 2 heterocycles. The van der Waals surface area contributed by atoms with E-state index in [4.69, 9.17) is 4.74 Å². The Labute approximate surface area is 109 Å². The predicted octanol–water partition coefficient (Wildman–Crippen LogP) is 2.74. The molecule has 0 aromatic carbocycles. The Bertz CT molecular complexity index is 502. The molecule has 1 aromatic rings. The minimum Gasteiger partial charge on any atom is -0.376 e. The van der Waals surface area contributed by atoms with Gasteiger partial charge in [-0.3, -0.25) is 4.79 Å². The van der Waals surface area contributed by atoms with Crippen LogP contribution in [0.15, 0.2) is 16.9 Å². The number of hydrogen-bond donors (Lipinski definition) is 0. The molecule has 1 fully saturated rings. The minimum absolute atomic E-state index is 0.0816. The summed E-state index contributed by atoms with van der Waals surface area (Å²) in [4.78, 5) is 11.8. The maximum Gasteiger partial charge on any atom is 0.416 e. The number of rotatable bonds is 2. The van der Waals surface area contributed by atoms with Crippen molar-refractivity contribution in [1.82, 2.24) is 4.57 Å². The van der Waals surface area contributed by atoms with Gasteiger partial charge in [-0.2, -0.15) is 13.2 Å². The fraction of sp³-hybridized carbons (Fsp3) is 0.615. The normalized spacial score (nSPS) is 20.5. The lowest BCUT2D eigenvalue weighted by Gasteiger charge is -2.24. The number of hydrogen-bond acceptors (Lipinski definition) is 2. The first-order chi connectivity index (χ1) is 8.88. The highest BCUT2D eigenvalue weighted by Crippen LogP contribution is 2.28. The lowest BCUT2D eigenvalue weighted by atomic mass is 10.1. The van der Waals surface area contributed by atoms with Gasteiger partial charge in [0.2, 0.25) is 0 Å². The standard InChI is InChI=1S/C13H16F3NO2/c1-9-6-10(13(14,15)16)7-12(18)17(9)8-11-4-2-3-5-19-11/h6-7,11H,2-5,8H2,1H3/t11-/m0/s1. The zero-order valence-corrected chi connectivity index (χ0v) is 10.7. The van der Waals surface area contributed by atoms with Crippen molar-refractivity contribution in [2.24, 2.45) is 0 Å². The highest BCUT2D eigenvalue weighted by molar-refractivity contribution is 5.20. The van der Waals surface area contributed by atoms with Crippen molar-refractivity contribution in [1.29, 1.82) is 0 Å². The van der Waals surface area contributed by atoms with Gasteiger partial charge < -0.3 is 9.30 Å². The SMILES string of the molecule is Cc1cc(C(F)(F)F)cc(=O)n1C[C@@H]1CCCCO1. The first kappa shape index (κ1) is 14.1. The maximum absolute atomic E-state index is 12.6. The fourth-order valence-corrected chi connectivity index (χ4v) is 2.28. The average molecular weight is 275 g/mol. The molecule has 0 N–H and O–H groups in total. The molecule has 6 heteroatoms. The van der Waals surface area contributed by atoms with Crippen LogP contribution < -0.4 is 5.56 Å². The second-order valence-corrected chi connectivity index (χ2v) is 4.82. The molecule has 19 heavy (non-hydrogen) atoms. The van der Waals surface area contributed by atoms with Crippen molar-refractivity contribution in [2.75, 3.05) is 6.61 Å². The molecule has 3 nitrogen and oxygen atoms in total. The van der Waals surface area contributed by atoms with E-state index in [-0.39, 0.29) is 6.10 Å². The lowest BCUT2D eigenvalue weighted by molar-refractivity contribution is -0.137. The second kappa shape index (κ2) is 5.36. The van der Waals surface area contributed by atoms with Gasteiger partial charge in [0.15, 0.2) is 0 Å². The highest BCUT2D eigenvalue weighted by atomic mass is 19.4. The van der Waals surface area contributed by atoms with Crippen LogP contribution in [-0.2, 0) is 17.5 Å². The largest absolute Gasteiger partial charge is 0.416 e. The van der Waals surface area contributed by atoms with Crippen LogP contribution in [0.2, 0.25) is 0 Å². The Morgan fingerprint density at radius 3 is 2.63 bits per heavy atom. The summed E-state index contributed by atoms with van der Waals surface area (Å²) in [6.07, 6.45) is -1.70. The molecule has 0 amide bonds. The van der Waals surface area contributed by atoms with Crippen molar-refractivity contribution in [2.45, 2.75) is 45.0 Å². The molecular formula is C13H16F3NO2. The van der Waals surface area contributed by atoms with Gasteiger partial charge in [-0.05, 0) is 32.3 Å². The van der Waals surface area contributed by atoms with Gasteiger partial charge in [0, 0.05) is 18.4 Å². The van der Waals surface area contributed by atoms with E-state index in [1.165, 1.54) is 11.5 Å². The number of pyridine rings is 1. The molecule has 0 bridgehead atoms. The number of halogens is 3. The summed E-state index contributed by atoms with van der Waals surface area (Å²) in [6, 6.07) is 1.65. The van der Waals surface area contributed by atoms with E-state index in [9.17, 15) is 18.0 Å².